The van der Waals surface area contributed by atoms with Gasteiger partial charge in [-0.3, -0.25) is 4.79 Å². The fraction of sp³-hybridized carbons (Fsp3) is 0.423. The van der Waals surface area contributed by atoms with Gasteiger partial charge in [0.25, 0.3) is 0 Å². The van der Waals surface area contributed by atoms with E-state index in [2.05, 4.69) is 10.6 Å². The Morgan fingerprint density at radius 2 is 1.88 bits per heavy atom. The number of carbonyl (C=O) groups excluding carboxylic acids is 1. The molecule has 2 aromatic carbocycles. The maximum Gasteiger partial charge on any atom is 0.225 e. The van der Waals surface area contributed by atoms with Gasteiger partial charge in [-0.15, -0.1) is 0 Å². The minimum absolute atomic E-state index is 0.0197. The van der Waals surface area contributed by atoms with Gasteiger partial charge in [0.15, 0.2) is 11.5 Å². The van der Waals surface area contributed by atoms with Gasteiger partial charge >= 0.3 is 0 Å². The second-order valence-corrected chi connectivity index (χ2v) is 9.13. The number of phenols is 1. The van der Waals surface area contributed by atoms with Crippen LogP contribution >= 0.6 is 0 Å². The number of aromatic nitrogens is 2. The summed E-state index contributed by atoms with van der Waals surface area (Å²) in [6.45, 7) is 0.679. The molecular weight excluding hydrogens is 430 g/mol. The molecule has 0 atom stereocenters. The number of anilines is 2. The first-order chi connectivity index (χ1) is 16.4. The van der Waals surface area contributed by atoms with Crippen LogP contribution in [0.1, 0.15) is 31.2 Å². The van der Waals surface area contributed by atoms with E-state index in [4.69, 9.17) is 14.7 Å². The van der Waals surface area contributed by atoms with E-state index in [1.54, 1.807) is 18.2 Å². The van der Waals surface area contributed by atoms with Gasteiger partial charge in [-0.05, 0) is 61.4 Å². The third-order valence-corrected chi connectivity index (χ3v) is 6.38. The molecule has 1 amide bonds. The van der Waals surface area contributed by atoms with Crippen molar-refractivity contribution in [1.29, 1.82) is 0 Å². The minimum atomic E-state index is -0.0197. The Balaban J connectivity index is 1.26. The molecule has 3 aromatic rings. The Labute approximate surface area is 200 Å². The molecule has 1 aromatic heterocycles. The summed E-state index contributed by atoms with van der Waals surface area (Å²) in [6, 6.07) is 13.4. The van der Waals surface area contributed by atoms with Crippen LogP contribution in [0.25, 0.3) is 10.9 Å². The van der Waals surface area contributed by atoms with E-state index in [9.17, 15) is 9.90 Å². The Hall–Kier alpha value is -3.55. The summed E-state index contributed by atoms with van der Waals surface area (Å²) in [6.07, 6.45) is 4.38. The number of rotatable bonds is 8. The molecule has 8 nitrogen and oxygen atoms in total. The molecule has 0 radical (unpaired) electrons. The monoisotopic (exact) mass is 463 g/mol. The van der Waals surface area contributed by atoms with Gasteiger partial charge in [-0.25, -0.2) is 4.98 Å². The van der Waals surface area contributed by atoms with Crippen molar-refractivity contribution in [1.82, 2.24) is 15.3 Å². The van der Waals surface area contributed by atoms with Crippen molar-refractivity contribution in [3.8, 4) is 11.5 Å². The number of methoxy groups -OCH3 is 1. The largest absolute Gasteiger partial charge is 0.504 e. The van der Waals surface area contributed by atoms with E-state index < -0.39 is 0 Å². The van der Waals surface area contributed by atoms with Crippen molar-refractivity contribution >= 4 is 28.6 Å². The number of phenolic OH excluding ortho intramolecular Hbond substituents is 1. The van der Waals surface area contributed by atoms with Gasteiger partial charge in [0.1, 0.15) is 5.82 Å². The molecule has 3 N–H and O–H groups in total. The lowest BCUT2D eigenvalue weighted by molar-refractivity contribution is -0.120. The molecule has 1 heterocycles. The minimum Gasteiger partial charge on any atom is -0.504 e. The number of carbonyl (C=O) groups is 1. The number of benzene rings is 2. The first-order valence-corrected chi connectivity index (χ1v) is 11.8. The van der Waals surface area contributed by atoms with Crippen molar-refractivity contribution in [2.24, 2.45) is 5.92 Å². The SMILES string of the molecule is COc1cc(CC(=O)NC[C@H]2CC[C@@H](Nc3nc(N(C)C)c4ccccc4n3)CC2)ccc1O. The maximum absolute atomic E-state index is 12.4. The first kappa shape index (κ1) is 23.6. The van der Waals surface area contributed by atoms with Crippen molar-refractivity contribution < 1.29 is 14.6 Å². The summed E-state index contributed by atoms with van der Waals surface area (Å²) in [7, 11) is 5.49. The third kappa shape index (κ3) is 5.68. The highest BCUT2D eigenvalue weighted by atomic mass is 16.5. The van der Waals surface area contributed by atoms with Crippen LogP contribution in [0.5, 0.6) is 11.5 Å². The van der Waals surface area contributed by atoms with Crippen LogP contribution in [-0.2, 0) is 11.2 Å². The zero-order valence-corrected chi connectivity index (χ0v) is 20.0. The normalized spacial score (nSPS) is 17.9. The fourth-order valence-corrected chi connectivity index (χ4v) is 4.50. The molecule has 0 aliphatic heterocycles. The van der Waals surface area contributed by atoms with Gasteiger partial charge in [-0.2, -0.15) is 4.98 Å². The maximum atomic E-state index is 12.4. The van der Waals surface area contributed by atoms with Crippen LogP contribution in [0.2, 0.25) is 0 Å². The average Bonchev–Trinajstić information content (AvgIpc) is 2.84. The molecule has 8 heteroatoms. The van der Waals surface area contributed by atoms with Gasteiger partial charge in [0.05, 0.1) is 19.0 Å². The number of hydrogen-bond acceptors (Lipinski definition) is 7. The Morgan fingerprint density at radius 3 is 2.62 bits per heavy atom. The highest BCUT2D eigenvalue weighted by Crippen LogP contribution is 2.29. The van der Waals surface area contributed by atoms with E-state index in [0.29, 0.717) is 30.2 Å². The van der Waals surface area contributed by atoms with Crippen molar-refractivity contribution in [2.45, 2.75) is 38.1 Å². The number of ether oxygens (including phenoxy) is 1. The molecule has 0 unspecified atom stereocenters. The smallest absolute Gasteiger partial charge is 0.225 e. The third-order valence-electron chi connectivity index (χ3n) is 6.38. The van der Waals surface area contributed by atoms with Gasteiger partial charge < -0.3 is 25.4 Å². The van der Waals surface area contributed by atoms with E-state index in [1.165, 1.54) is 7.11 Å². The summed E-state index contributed by atoms with van der Waals surface area (Å²) in [5.74, 6) is 2.48. The number of amides is 1. The molecule has 0 spiro atoms. The quantitative estimate of drug-likeness (QED) is 0.468. The van der Waals surface area contributed by atoms with E-state index in [1.807, 2.05) is 43.3 Å². The average molecular weight is 464 g/mol. The standard InChI is InChI=1S/C26H33N5O3/c1-31(2)25-20-6-4-5-7-21(20)29-26(30-25)28-19-11-8-17(9-12-19)16-27-24(33)15-18-10-13-22(32)23(14-18)34-3/h4-7,10,13-14,17,19,32H,8-9,11-12,15-16H2,1-3H3,(H,27,33)(H,28,29,30)/t17-,19+. The molecule has 180 valence electrons. The number of fused-ring (bicyclic) bond motifs is 1. The summed E-state index contributed by atoms with van der Waals surface area (Å²) in [5.41, 5.74) is 1.75. The van der Waals surface area contributed by atoms with Crippen LogP contribution in [0.4, 0.5) is 11.8 Å². The van der Waals surface area contributed by atoms with Gasteiger partial charge in [0.2, 0.25) is 11.9 Å². The first-order valence-electron chi connectivity index (χ1n) is 11.8. The second-order valence-electron chi connectivity index (χ2n) is 9.13. The van der Waals surface area contributed by atoms with Crippen molar-refractivity contribution in [2.75, 3.05) is 38.0 Å². The zero-order valence-electron chi connectivity index (χ0n) is 20.0. The summed E-state index contributed by atoms with van der Waals surface area (Å²) < 4.78 is 5.12. The van der Waals surface area contributed by atoms with E-state index >= 15 is 0 Å². The van der Waals surface area contributed by atoms with Crippen LogP contribution < -0.4 is 20.3 Å². The van der Waals surface area contributed by atoms with Gasteiger partial charge in [-0.1, -0.05) is 18.2 Å². The number of nitrogens with one attached hydrogen (secondary N) is 2. The van der Waals surface area contributed by atoms with Crippen LogP contribution in [0.15, 0.2) is 42.5 Å². The number of aromatic hydroxyl groups is 1. The predicted octanol–water partition coefficient (Wildman–Crippen LogP) is 3.74. The lowest BCUT2D eigenvalue weighted by Crippen LogP contribution is -2.34. The molecular formula is C26H33N5O3. The number of nitrogens with zero attached hydrogens (tertiary/aromatic N) is 3. The molecule has 1 aliphatic carbocycles. The highest BCUT2D eigenvalue weighted by molar-refractivity contribution is 5.90. The molecule has 0 saturated heterocycles. The Bertz CT molecular complexity index is 1140. The van der Waals surface area contributed by atoms with E-state index in [0.717, 1.165) is 48.0 Å². The van der Waals surface area contributed by atoms with Crippen LogP contribution in [0.3, 0.4) is 0 Å². The summed E-state index contributed by atoms with van der Waals surface area (Å²) in [4.78, 5) is 23.9. The van der Waals surface area contributed by atoms with Crippen LogP contribution in [-0.4, -0.2) is 54.8 Å². The fourth-order valence-electron chi connectivity index (χ4n) is 4.50. The predicted molar refractivity (Wildman–Crippen MR) is 135 cm³/mol. The Kier molecular flexibility index (Phi) is 7.35. The van der Waals surface area contributed by atoms with Crippen molar-refractivity contribution in [3.05, 3.63) is 48.0 Å². The summed E-state index contributed by atoms with van der Waals surface area (Å²) >= 11 is 0. The highest BCUT2D eigenvalue weighted by Gasteiger charge is 2.23. The topological polar surface area (TPSA) is 99.6 Å². The molecule has 34 heavy (non-hydrogen) atoms. The number of hydrogen-bond donors (Lipinski definition) is 3. The zero-order chi connectivity index (χ0) is 24.1. The Morgan fingerprint density at radius 1 is 1.12 bits per heavy atom. The lowest BCUT2D eigenvalue weighted by atomic mass is 9.86. The summed E-state index contributed by atoms with van der Waals surface area (Å²) in [5, 5.41) is 17.3. The molecule has 1 saturated carbocycles. The molecule has 1 aliphatic rings. The van der Waals surface area contributed by atoms with Gasteiger partial charge in [0, 0.05) is 32.1 Å². The lowest BCUT2D eigenvalue weighted by Gasteiger charge is -2.29. The van der Waals surface area contributed by atoms with Crippen LogP contribution in [0, 0.1) is 5.92 Å². The number of para-hydroxylation sites is 1. The van der Waals surface area contributed by atoms with Crippen molar-refractivity contribution in [3.63, 3.8) is 0 Å². The molecule has 1 fully saturated rings. The second kappa shape index (κ2) is 10.6. The molecule has 4 rings (SSSR count). The molecule has 0 bridgehead atoms. The van der Waals surface area contributed by atoms with E-state index in [-0.39, 0.29) is 18.1 Å².